The van der Waals surface area contributed by atoms with Crippen LogP contribution in [0.25, 0.3) is 0 Å². The van der Waals surface area contributed by atoms with E-state index >= 15 is 0 Å². The van der Waals surface area contributed by atoms with Crippen molar-refractivity contribution in [1.29, 1.82) is 0 Å². The van der Waals surface area contributed by atoms with Crippen LogP contribution in [0.15, 0.2) is 36.4 Å². The number of ether oxygens (including phenoxy) is 3. The quantitative estimate of drug-likeness (QED) is 0.337. The van der Waals surface area contributed by atoms with Crippen LogP contribution in [0.5, 0.6) is 11.5 Å². The van der Waals surface area contributed by atoms with E-state index < -0.39 is 23.8 Å². The summed E-state index contributed by atoms with van der Waals surface area (Å²) in [6, 6.07) is 9.47. The molecule has 1 aliphatic heterocycles. The van der Waals surface area contributed by atoms with Gasteiger partial charge in [0.2, 0.25) is 5.91 Å². The summed E-state index contributed by atoms with van der Waals surface area (Å²) in [7, 11) is 3.00. The molecule has 1 fully saturated rings. The standard InChI is InChI=1S/C28H33N5O6S/c1-15-7-8-16(2)19(12-15)33(28(36)25-22(29)23(26(30)34)32-40-25)24(27(35)31-14-18-6-5-11-39-18)17-9-10-20(37-3)21(13-17)38-4/h7-10,12-13,18,24H,5-6,11,14,29H2,1-4H3,(H2,30,34)(H,31,35)/t18-,24-/m1/s1. The number of nitrogens with two attached hydrogens (primary N) is 2. The van der Waals surface area contributed by atoms with E-state index in [9.17, 15) is 14.4 Å². The van der Waals surface area contributed by atoms with Crippen molar-refractivity contribution in [2.75, 3.05) is 38.0 Å². The highest BCUT2D eigenvalue weighted by molar-refractivity contribution is 7.09. The molecule has 12 heteroatoms. The third kappa shape index (κ3) is 5.87. The number of methoxy groups -OCH3 is 2. The Morgan fingerprint density at radius 2 is 1.90 bits per heavy atom. The van der Waals surface area contributed by atoms with E-state index in [1.807, 2.05) is 32.0 Å². The number of primary amides is 1. The van der Waals surface area contributed by atoms with E-state index in [-0.39, 0.29) is 28.9 Å². The SMILES string of the molecule is COc1ccc([C@H](C(=O)NC[C@H]2CCCO2)N(C(=O)c2snc(C(N)=O)c2N)c2cc(C)ccc2C)cc1OC. The topological polar surface area (TPSA) is 159 Å². The summed E-state index contributed by atoms with van der Waals surface area (Å²) in [4.78, 5) is 41.6. The van der Waals surface area contributed by atoms with Crippen molar-refractivity contribution in [2.45, 2.75) is 38.8 Å². The van der Waals surface area contributed by atoms with Crippen molar-refractivity contribution in [1.82, 2.24) is 9.69 Å². The predicted molar refractivity (Wildman–Crippen MR) is 152 cm³/mol. The van der Waals surface area contributed by atoms with Crippen LogP contribution < -0.4 is 31.2 Å². The third-order valence-corrected chi connectivity index (χ3v) is 7.61. The first-order valence-electron chi connectivity index (χ1n) is 12.7. The van der Waals surface area contributed by atoms with E-state index in [2.05, 4.69) is 9.69 Å². The lowest BCUT2D eigenvalue weighted by molar-refractivity contribution is -0.123. The monoisotopic (exact) mass is 567 g/mol. The number of anilines is 2. The lowest BCUT2D eigenvalue weighted by Crippen LogP contribution is -2.46. The molecule has 0 unspecified atom stereocenters. The normalized spacial score (nSPS) is 15.3. The molecule has 0 saturated carbocycles. The lowest BCUT2D eigenvalue weighted by atomic mass is 9.99. The van der Waals surface area contributed by atoms with Gasteiger partial charge in [-0.3, -0.25) is 19.3 Å². The predicted octanol–water partition coefficient (Wildman–Crippen LogP) is 3.14. The second kappa shape index (κ2) is 12.3. The molecule has 1 aliphatic rings. The fraction of sp³-hybridized carbons (Fsp3) is 0.357. The molecule has 0 bridgehead atoms. The molecule has 0 spiro atoms. The molecular formula is C28H33N5O6S. The van der Waals surface area contributed by atoms with Crippen LogP contribution in [-0.2, 0) is 9.53 Å². The molecule has 3 amide bonds. The molecule has 0 aliphatic carbocycles. The first-order chi connectivity index (χ1) is 19.2. The number of carbonyl (C=O) groups excluding carboxylic acids is 3. The van der Waals surface area contributed by atoms with Crippen LogP contribution in [0, 0.1) is 13.8 Å². The molecular weight excluding hydrogens is 534 g/mol. The summed E-state index contributed by atoms with van der Waals surface area (Å²) in [5.41, 5.74) is 13.8. The summed E-state index contributed by atoms with van der Waals surface area (Å²) in [5, 5.41) is 2.97. The van der Waals surface area contributed by atoms with Gasteiger partial charge in [0.15, 0.2) is 17.2 Å². The number of rotatable bonds is 10. The van der Waals surface area contributed by atoms with E-state index in [1.165, 1.54) is 19.1 Å². The molecule has 11 nitrogen and oxygen atoms in total. The van der Waals surface area contributed by atoms with Crippen molar-refractivity contribution in [3.05, 3.63) is 63.7 Å². The fourth-order valence-corrected chi connectivity index (χ4v) is 5.38. The summed E-state index contributed by atoms with van der Waals surface area (Å²) in [6.45, 7) is 4.65. The number of amides is 3. The largest absolute Gasteiger partial charge is 0.493 e. The number of benzene rings is 2. The van der Waals surface area contributed by atoms with Crippen LogP contribution in [0.2, 0.25) is 0 Å². The molecule has 1 saturated heterocycles. The Morgan fingerprint density at radius 3 is 2.52 bits per heavy atom. The zero-order chi connectivity index (χ0) is 29.0. The van der Waals surface area contributed by atoms with Crippen molar-refractivity contribution in [3.8, 4) is 11.5 Å². The minimum Gasteiger partial charge on any atom is -0.493 e. The average molecular weight is 568 g/mol. The van der Waals surface area contributed by atoms with E-state index in [4.69, 9.17) is 25.7 Å². The van der Waals surface area contributed by atoms with E-state index in [1.54, 1.807) is 18.2 Å². The number of aryl methyl sites for hydroxylation is 2. The Morgan fingerprint density at radius 1 is 1.15 bits per heavy atom. The molecule has 0 radical (unpaired) electrons. The first-order valence-corrected chi connectivity index (χ1v) is 13.5. The summed E-state index contributed by atoms with van der Waals surface area (Å²) >= 11 is 0.754. The maximum atomic E-state index is 14.3. The van der Waals surface area contributed by atoms with Gasteiger partial charge in [-0.1, -0.05) is 18.2 Å². The highest BCUT2D eigenvalue weighted by Gasteiger charge is 2.37. The molecule has 2 aromatic carbocycles. The van der Waals surface area contributed by atoms with Crippen molar-refractivity contribution < 1.29 is 28.6 Å². The summed E-state index contributed by atoms with van der Waals surface area (Å²) in [6.07, 6.45) is 1.63. The van der Waals surface area contributed by atoms with Gasteiger partial charge < -0.3 is 31.0 Å². The second-order valence-electron chi connectivity index (χ2n) is 9.50. The zero-order valence-corrected chi connectivity index (χ0v) is 23.7. The smallest absolute Gasteiger partial charge is 0.273 e. The highest BCUT2D eigenvalue weighted by atomic mass is 32.1. The Bertz CT molecular complexity index is 1420. The first kappa shape index (κ1) is 28.8. The molecule has 3 aromatic rings. The third-order valence-electron chi connectivity index (χ3n) is 6.76. The molecule has 212 valence electrons. The Hall–Kier alpha value is -4.16. The van der Waals surface area contributed by atoms with Gasteiger partial charge in [-0.05, 0) is 73.1 Å². The number of nitrogens with zero attached hydrogens (tertiary/aromatic N) is 2. The molecule has 2 heterocycles. The van der Waals surface area contributed by atoms with Crippen LogP contribution in [0.1, 0.15) is 55.7 Å². The van der Waals surface area contributed by atoms with Crippen molar-refractivity contribution in [3.63, 3.8) is 0 Å². The number of carbonyl (C=O) groups is 3. The Labute approximate surface area is 236 Å². The molecule has 2 atom stereocenters. The van der Waals surface area contributed by atoms with Crippen LogP contribution in [0.3, 0.4) is 0 Å². The Kier molecular flexibility index (Phi) is 8.90. The maximum Gasteiger partial charge on any atom is 0.273 e. The molecule has 40 heavy (non-hydrogen) atoms. The minimum atomic E-state index is -1.16. The van der Waals surface area contributed by atoms with Crippen LogP contribution in [0.4, 0.5) is 11.4 Å². The van der Waals surface area contributed by atoms with Crippen molar-refractivity contribution >= 4 is 40.6 Å². The molecule has 1 aromatic heterocycles. The lowest BCUT2D eigenvalue weighted by Gasteiger charge is -2.33. The van der Waals surface area contributed by atoms with Gasteiger partial charge in [-0.15, -0.1) is 0 Å². The van der Waals surface area contributed by atoms with Gasteiger partial charge in [0.25, 0.3) is 11.8 Å². The van der Waals surface area contributed by atoms with Gasteiger partial charge in [-0.25, -0.2) is 0 Å². The fourth-order valence-electron chi connectivity index (χ4n) is 4.64. The van der Waals surface area contributed by atoms with E-state index in [0.29, 0.717) is 29.4 Å². The molecule has 5 N–H and O–H groups in total. The van der Waals surface area contributed by atoms with Gasteiger partial charge in [0.05, 0.1) is 26.0 Å². The van der Waals surface area contributed by atoms with Gasteiger partial charge in [0.1, 0.15) is 10.9 Å². The zero-order valence-electron chi connectivity index (χ0n) is 22.9. The van der Waals surface area contributed by atoms with Crippen LogP contribution in [-0.4, -0.2) is 55.6 Å². The highest BCUT2D eigenvalue weighted by Crippen LogP contribution is 2.38. The van der Waals surface area contributed by atoms with Gasteiger partial charge in [0, 0.05) is 18.8 Å². The number of hydrogen-bond donors (Lipinski definition) is 3. The number of nitrogen functional groups attached to an aromatic ring is 1. The van der Waals surface area contributed by atoms with Gasteiger partial charge >= 0.3 is 0 Å². The number of aromatic nitrogens is 1. The van der Waals surface area contributed by atoms with E-state index in [0.717, 1.165) is 35.5 Å². The average Bonchev–Trinajstić information content (AvgIpc) is 3.61. The minimum absolute atomic E-state index is 0.00731. The maximum absolute atomic E-state index is 14.3. The molecule has 4 rings (SSSR count). The number of hydrogen-bond acceptors (Lipinski definition) is 9. The summed E-state index contributed by atoms with van der Waals surface area (Å²) < 4.78 is 20.6. The van der Waals surface area contributed by atoms with Gasteiger partial charge in [-0.2, -0.15) is 4.37 Å². The second-order valence-corrected chi connectivity index (χ2v) is 10.3. The number of nitrogens with one attached hydrogen (secondary N) is 1. The van der Waals surface area contributed by atoms with Crippen molar-refractivity contribution in [2.24, 2.45) is 5.73 Å². The summed E-state index contributed by atoms with van der Waals surface area (Å²) in [5.74, 6) is -1.04. The van der Waals surface area contributed by atoms with Crippen LogP contribution >= 0.6 is 11.5 Å². The Balaban J connectivity index is 1.90.